The van der Waals surface area contributed by atoms with E-state index in [1.54, 1.807) is 6.08 Å². The van der Waals surface area contributed by atoms with Crippen molar-refractivity contribution in [2.45, 2.75) is 6.61 Å². The number of carbonyl (C=O) groups is 1. The van der Waals surface area contributed by atoms with Crippen LogP contribution in [-0.4, -0.2) is 11.9 Å². The molecule has 0 amide bonds. The molecule has 4 nitrogen and oxygen atoms in total. The van der Waals surface area contributed by atoms with Crippen molar-refractivity contribution in [2.24, 2.45) is 4.99 Å². The maximum Gasteiger partial charge on any atom is 0.363 e. The molecule has 1 heterocycles. The lowest BCUT2D eigenvalue weighted by atomic mass is 10.2. The van der Waals surface area contributed by atoms with E-state index in [0.717, 1.165) is 26.0 Å². The summed E-state index contributed by atoms with van der Waals surface area (Å²) >= 11 is 2.23. The van der Waals surface area contributed by atoms with E-state index in [1.807, 2.05) is 78.9 Å². The van der Waals surface area contributed by atoms with Gasteiger partial charge in [0.15, 0.2) is 5.70 Å². The highest BCUT2D eigenvalue weighted by molar-refractivity contribution is 14.1. The summed E-state index contributed by atoms with van der Waals surface area (Å²) in [7, 11) is 0. The third-order valence-electron chi connectivity index (χ3n) is 4.14. The van der Waals surface area contributed by atoms with E-state index in [0.29, 0.717) is 12.5 Å². The molecule has 3 aromatic carbocycles. The Morgan fingerprint density at radius 2 is 1.64 bits per heavy atom. The first-order valence-corrected chi connectivity index (χ1v) is 9.80. The van der Waals surface area contributed by atoms with E-state index in [1.165, 1.54) is 0 Å². The number of benzene rings is 3. The lowest BCUT2D eigenvalue weighted by Crippen LogP contribution is -2.05. The molecule has 138 valence electrons. The highest BCUT2D eigenvalue weighted by atomic mass is 127. The van der Waals surface area contributed by atoms with Gasteiger partial charge in [-0.3, -0.25) is 0 Å². The van der Waals surface area contributed by atoms with Crippen LogP contribution in [0.3, 0.4) is 0 Å². The zero-order valence-corrected chi connectivity index (χ0v) is 17.0. The van der Waals surface area contributed by atoms with Crippen molar-refractivity contribution in [2.75, 3.05) is 0 Å². The molecule has 0 atom stereocenters. The van der Waals surface area contributed by atoms with Crippen LogP contribution in [0.4, 0.5) is 0 Å². The van der Waals surface area contributed by atoms with E-state index in [2.05, 4.69) is 27.6 Å². The third-order valence-corrected chi connectivity index (χ3v) is 4.86. The van der Waals surface area contributed by atoms with E-state index in [4.69, 9.17) is 9.47 Å². The van der Waals surface area contributed by atoms with Crippen molar-refractivity contribution >= 4 is 40.5 Å². The SMILES string of the molecule is O=C1OC(c2ccc(I)cc2)=N/C1=C/c1ccc(OCc2ccccc2)cc1. The first-order chi connectivity index (χ1) is 13.7. The van der Waals surface area contributed by atoms with Gasteiger partial charge in [0.05, 0.1) is 0 Å². The molecule has 0 aromatic heterocycles. The monoisotopic (exact) mass is 481 g/mol. The van der Waals surface area contributed by atoms with Crippen molar-refractivity contribution in [3.63, 3.8) is 0 Å². The maximum absolute atomic E-state index is 12.1. The minimum absolute atomic E-state index is 0.284. The normalized spacial score (nSPS) is 14.7. The molecular formula is C23H16INO3. The quantitative estimate of drug-likeness (QED) is 0.286. The Bertz CT molecular complexity index is 1040. The van der Waals surface area contributed by atoms with Gasteiger partial charge in [-0.2, -0.15) is 0 Å². The highest BCUT2D eigenvalue weighted by Gasteiger charge is 2.24. The lowest BCUT2D eigenvalue weighted by molar-refractivity contribution is -0.129. The van der Waals surface area contributed by atoms with Gasteiger partial charge in [-0.15, -0.1) is 0 Å². The van der Waals surface area contributed by atoms with Crippen molar-refractivity contribution in [1.82, 2.24) is 0 Å². The van der Waals surface area contributed by atoms with Crippen LogP contribution in [-0.2, 0) is 16.1 Å². The molecule has 5 heteroatoms. The Morgan fingerprint density at radius 3 is 2.36 bits per heavy atom. The molecule has 1 aliphatic rings. The van der Waals surface area contributed by atoms with Gasteiger partial charge in [0.2, 0.25) is 5.90 Å². The lowest BCUT2D eigenvalue weighted by Gasteiger charge is -2.06. The second kappa shape index (κ2) is 8.39. The van der Waals surface area contributed by atoms with Crippen LogP contribution in [0.15, 0.2) is 89.6 Å². The smallest absolute Gasteiger partial charge is 0.363 e. The van der Waals surface area contributed by atoms with Crippen molar-refractivity contribution in [3.05, 3.63) is 105 Å². The molecule has 4 rings (SSSR count). The Labute approximate surface area is 176 Å². The average Bonchev–Trinajstić information content (AvgIpc) is 3.09. The van der Waals surface area contributed by atoms with Gasteiger partial charge in [0.1, 0.15) is 12.4 Å². The second-order valence-electron chi connectivity index (χ2n) is 6.19. The summed E-state index contributed by atoms with van der Waals surface area (Å²) in [5.74, 6) is 0.650. The van der Waals surface area contributed by atoms with Gasteiger partial charge in [-0.1, -0.05) is 42.5 Å². The first kappa shape index (κ1) is 18.4. The predicted octanol–water partition coefficient (Wildman–Crippen LogP) is 5.21. The topological polar surface area (TPSA) is 47.9 Å². The molecule has 0 saturated carbocycles. The number of ether oxygens (including phenoxy) is 2. The third kappa shape index (κ3) is 4.48. The summed E-state index contributed by atoms with van der Waals surface area (Å²) < 4.78 is 12.2. The minimum Gasteiger partial charge on any atom is -0.489 e. The van der Waals surface area contributed by atoms with Crippen LogP contribution in [0.25, 0.3) is 6.08 Å². The number of esters is 1. The maximum atomic E-state index is 12.1. The van der Waals surface area contributed by atoms with Gasteiger partial charge in [-0.05, 0) is 76.2 Å². The standard InChI is InChI=1S/C23H16INO3/c24-19-10-8-18(9-11-19)22-25-21(23(26)28-22)14-16-6-12-20(13-7-16)27-15-17-4-2-1-3-5-17/h1-14H,15H2/b21-14+. The summed E-state index contributed by atoms with van der Waals surface area (Å²) in [6.45, 7) is 0.511. The number of hydrogen-bond donors (Lipinski definition) is 0. The summed E-state index contributed by atoms with van der Waals surface area (Å²) in [6, 6.07) is 25.2. The van der Waals surface area contributed by atoms with Gasteiger partial charge < -0.3 is 9.47 Å². The molecule has 0 saturated heterocycles. The summed E-state index contributed by atoms with van der Waals surface area (Å²) in [5, 5.41) is 0. The molecule has 0 fully saturated rings. The Balaban J connectivity index is 1.46. The number of rotatable bonds is 5. The number of halogens is 1. The Morgan fingerprint density at radius 1 is 0.929 bits per heavy atom. The van der Waals surface area contributed by atoms with Crippen LogP contribution in [0.5, 0.6) is 5.75 Å². The number of cyclic esters (lactones) is 1. The summed E-state index contributed by atoms with van der Waals surface area (Å²) in [6.07, 6.45) is 1.71. The zero-order chi connectivity index (χ0) is 19.3. The molecule has 0 aliphatic carbocycles. The van der Waals surface area contributed by atoms with E-state index < -0.39 is 5.97 Å². The zero-order valence-electron chi connectivity index (χ0n) is 14.8. The molecule has 0 N–H and O–H groups in total. The van der Waals surface area contributed by atoms with Crippen LogP contribution < -0.4 is 4.74 Å². The number of aliphatic imine (C=N–C) groups is 1. The van der Waals surface area contributed by atoms with Gasteiger partial charge >= 0.3 is 5.97 Å². The van der Waals surface area contributed by atoms with Gasteiger partial charge in [0, 0.05) is 9.13 Å². The summed E-state index contributed by atoms with van der Waals surface area (Å²) in [5.41, 5.74) is 3.03. The van der Waals surface area contributed by atoms with Crippen LogP contribution in [0, 0.1) is 3.57 Å². The first-order valence-electron chi connectivity index (χ1n) is 8.73. The fourth-order valence-electron chi connectivity index (χ4n) is 2.68. The molecule has 0 spiro atoms. The van der Waals surface area contributed by atoms with E-state index in [-0.39, 0.29) is 5.70 Å². The second-order valence-corrected chi connectivity index (χ2v) is 7.43. The van der Waals surface area contributed by atoms with Crippen LogP contribution in [0.1, 0.15) is 16.7 Å². The molecule has 0 radical (unpaired) electrons. The number of hydrogen-bond acceptors (Lipinski definition) is 4. The van der Waals surface area contributed by atoms with Crippen molar-refractivity contribution in [3.8, 4) is 5.75 Å². The molecule has 0 bridgehead atoms. The highest BCUT2D eigenvalue weighted by Crippen LogP contribution is 2.21. The minimum atomic E-state index is -0.446. The van der Waals surface area contributed by atoms with Gasteiger partial charge in [0.25, 0.3) is 0 Å². The number of carbonyl (C=O) groups excluding carboxylic acids is 1. The molecule has 0 unspecified atom stereocenters. The fraction of sp³-hybridized carbons (Fsp3) is 0.0435. The molecule has 28 heavy (non-hydrogen) atoms. The van der Waals surface area contributed by atoms with Gasteiger partial charge in [-0.25, -0.2) is 9.79 Å². The predicted molar refractivity (Wildman–Crippen MR) is 117 cm³/mol. The molecule has 3 aromatic rings. The fourth-order valence-corrected chi connectivity index (χ4v) is 3.04. The van der Waals surface area contributed by atoms with Crippen LogP contribution in [0.2, 0.25) is 0 Å². The van der Waals surface area contributed by atoms with E-state index >= 15 is 0 Å². The average molecular weight is 481 g/mol. The van der Waals surface area contributed by atoms with Crippen molar-refractivity contribution < 1.29 is 14.3 Å². The largest absolute Gasteiger partial charge is 0.489 e. The molecule has 1 aliphatic heterocycles. The number of nitrogens with zero attached hydrogens (tertiary/aromatic N) is 1. The summed E-state index contributed by atoms with van der Waals surface area (Å²) in [4.78, 5) is 16.5. The van der Waals surface area contributed by atoms with Crippen molar-refractivity contribution in [1.29, 1.82) is 0 Å². The van der Waals surface area contributed by atoms with E-state index in [9.17, 15) is 4.79 Å². The Kier molecular flexibility index (Phi) is 5.53. The van der Waals surface area contributed by atoms with Crippen LogP contribution >= 0.6 is 22.6 Å². The molecular weight excluding hydrogens is 465 g/mol. The Hall–Kier alpha value is -2.93.